The lowest BCUT2D eigenvalue weighted by Crippen LogP contribution is -2.11. The average Bonchev–Trinajstić information content (AvgIpc) is 2.77. The highest BCUT2D eigenvalue weighted by Gasteiger charge is 2.13. The van der Waals surface area contributed by atoms with Crippen LogP contribution < -0.4 is 4.90 Å². The lowest BCUT2D eigenvalue weighted by molar-refractivity contribution is 0.195. The van der Waals surface area contributed by atoms with Gasteiger partial charge in [-0.3, -0.25) is 0 Å². The molecule has 0 spiro atoms. The molecule has 0 saturated carbocycles. The van der Waals surface area contributed by atoms with Gasteiger partial charge < -0.3 is 10.0 Å². The molecule has 3 nitrogen and oxygen atoms in total. The zero-order valence-electron chi connectivity index (χ0n) is 11.1. The van der Waals surface area contributed by atoms with Gasteiger partial charge >= 0.3 is 0 Å². The van der Waals surface area contributed by atoms with E-state index in [-0.39, 0.29) is 0 Å². The molecule has 1 atom stereocenters. The van der Waals surface area contributed by atoms with E-state index in [1.54, 1.807) is 18.3 Å². The fraction of sp³-hybridized carbons (Fsp3) is 0.357. The fourth-order valence-corrected chi connectivity index (χ4v) is 2.80. The lowest BCUT2D eigenvalue weighted by Gasteiger charge is -2.18. The Morgan fingerprint density at radius 2 is 2.06 bits per heavy atom. The topological polar surface area (TPSA) is 36.4 Å². The molecule has 0 saturated heterocycles. The van der Waals surface area contributed by atoms with Gasteiger partial charge in [-0.1, -0.05) is 17.7 Å². The number of aliphatic hydroxyl groups excluding tert-OH is 1. The number of aryl methyl sites for hydroxylation is 2. The van der Waals surface area contributed by atoms with Crippen molar-refractivity contribution in [2.24, 2.45) is 0 Å². The zero-order chi connectivity index (χ0) is 13.3. The second-order valence-corrected chi connectivity index (χ2v) is 5.42. The molecule has 18 heavy (non-hydrogen) atoms. The molecule has 0 aliphatic rings. The van der Waals surface area contributed by atoms with Crippen molar-refractivity contribution in [3.8, 4) is 0 Å². The number of benzene rings is 1. The van der Waals surface area contributed by atoms with Gasteiger partial charge in [0.1, 0.15) is 0 Å². The van der Waals surface area contributed by atoms with Crippen LogP contribution in [0.5, 0.6) is 0 Å². The molecule has 0 radical (unpaired) electrons. The molecule has 2 rings (SSSR count). The minimum Gasteiger partial charge on any atom is -0.387 e. The molecule has 1 N–H and O–H groups in total. The number of aromatic nitrogens is 1. The Balaban J connectivity index is 2.32. The van der Waals surface area contributed by atoms with Gasteiger partial charge in [-0.15, -0.1) is 11.3 Å². The molecule has 0 fully saturated rings. The van der Waals surface area contributed by atoms with Gasteiger partial charge in [-0.05, 0) is 32.4 Å². The quantitative estimate of drug-likeness (QED) is 0.918. The fourth-order valence-electron chi connectivity index (χ4n) is 1.91. The summed E-state index contributed by atoms with van der Waals surface area (Å²) in [6.07, 6.45) is -0.512. The van der Waals surface area contributed by atoms with Crippen LogP contribution in [0.3, 0.4) is 0 Å². The number of hydrogen-bond donors (Lipinski definition) is 1. The Morgan fingerprint density at radius 3 is 2.61 bits per heavy atom. The Kier molecular flexibility index (Phi) is 3.68. The number of anilines is 2. The van der Waals surface area contributed by atoms with Crippen molar-refractivity contribution < 1.29 is 5.11 Å². The van der Waals surface area contributed by atoms with Gasteiger partial charge in [0.2, 0.25) is 0 Å². The maximum absolute atomic E-state index is 9.51. The smallest absolute Gasteiger partial charge is 0.189 e. The number of thiazole rings is 1. The van der Waals surface area contributed by atoms with Crippen LogP contribution in [0.25, 0.3) is 0 Å². The van der Waals surface area contributed by atoms with E-state index in [2.05, 4.69) is 41.9 Å². The van der Waals surface area contributed by atoms with Crippen LogP contribution >= 0.6 is 11.3 Å². The summed E-state index contributed by atoms with van der Waals surface area (Å²) >= 11 is 1.55. The van der Waals surface area contributed by atoms with Crippen LogP contribution in [-0.2, 0) is 0 Å². The highest BCUT2D eigenvalue weighted by Crippen LogP contribution is 2.31. The molecule has 0 aliphatic carbocycles. The van der Waals surface area contributed by atoms with Crippen molar-refractivity contribution in [1.82, 2.24) is 4.98 Å². The van der Waals surface area contributed by atoms with E-state index >= 15 is 0 Å². The predicted molar refractivity (Wildman–Crippen MR) is 76.7 cm³/mol. The summed E-state index contributed by atoms with van der Waals surface area (Å²) in [7, 11) is 2.00. The van der Waals surface area contributed by atoms with E-state index in [0.717, 1.165) is 16.5 Å². The maximum atomic E-state index is 9.51. The number of rotatable bonds is 3. The highest BCUT2D eigenvalue weighted by molar-refractivity contribution is 7.13. The minimum atomic E-state index is -0.512. The SMILES string of the molecule is Cc1ccc(N(C)c2nc(C(C)O)cs2)c(C)c1. The highest BCUT2D eigenvalue weighted by atomic mass is 32.1. The first-order valence-electron chi connectivity index (χ1n) is 5.93. The van der Waals surface area contributed by atoms with Crippen molar-refractivity contribution in [3.63, 3.8) is 0 Å². The van der Waals surface area contributed by atoms with Crippen LogP contribution in [0.4, 0.5) is 10.8 Å². The average molecular weight is 262 g/mol. The summed E-state index contributed by atoms with van der Waals surface area (Å²) in [5, 5.41) is 12.3. The lowest BCUT2D eigenvalue weighted by atomic mass is 10.1. The summed E-state index contributed by atoms with van der Waals surface area (Å²) in [6, 6.07) is 6.37. The molecule has 0 bridgehead atoms. The largest absolute Gasteiger partial charge is 0.387 e. The summed E-state index contributed by atoms with van der Waals surface area (Å²) in [5.41, 5.74) is 4.36. The number of aliphatic hydroxyl groups is 1. The Bertz CT molecular complexity index is 548. The Hall–Kier alpha value is -1.39. The zero-order valence-corrected chi connectivity index (χ0v) is 12.0. The molecule has 96 valence electrons. The first-order valence-corrected chi connectivity index (χ1v) is 6.81. The van der Waals surface area contributed by atoms with Crippen LogP contribution in [-0.4, -0.2) is 17.1 Å². The second kappa shape index (κ2) is 5.08. The third-order valence-corrected chi connectivity index (χ3v) is 3.87. The van der Waals surface area contributed by atoms with Gasteiger partial charge in [-0.2, -0.15) is 0 Å². The van der Waals surface area contributed by atoms with Crippen LogP contribution in [0.2, 0.25) is 0 Å². The van der Waals surface area contributed by atoms with Crippen molar-refractivity contribution in [1.29, 1.82) is 0 Å². The molecular weight excluding hydrogens is 244 g/mol. The molecule has 1 aromatic carbocycles. The summed E-state index contributed by atoms with van der Waals surface area (Å²) in [4.78, 5) is 6.50. The van der Waals surface area contributed by atoms with E-state index in [1.165, 1.54) is 11.1 Å². The van der Waals surface area contributed by atoms with Crippen molar-refractivity contribution in [3.05, 3.63) is 40.4 Å². The third kappa shape index (κ3) is 2.54. The standard InChI is InChI=1S/C14H18N2OS/c1-9-5-6-13(10(2)7-9)16(4)14-15-12(8-18-14)11(3)17/h5-8,11,17H,1-4H3. The van der Waals surface area contributed by atoms with Gasteiger partial charge in [0.05, 0.1) is 11.8 Å². The molecule has 4 heteroatoms. The first kappa shape index (κ1) is 13.1. The monoisotopic (exact) mass is 262 g/mol. The van der Waals surface area contributed by atoms with Crippen molar-refractivity contribution in [2.75, 3.05) is 11.9 Å². The number of hydrogen-bond acceptors (Lipinski definition) is 4. The first-order chi connectivity index (χ1) is 8.49. The molecular formula is C14H18N2OS. The van der Waals surface area contributed by atoms with Crippen molar-refractivity contribution >= 4 is 22.2 Å². The van der Waals surface area contributed by atoms with E-state index in [4.69, 9.17) is 0 Å². The Labute approximate surface area is 112 Å². The third-order valence-electron chi connectivity index (χ3n) is 2.94. The van der Waals surface area contributed by atoms with E-state index in [1.807, 2.05) is 12.4 Å². The molecule has 1 unspecified atom stereocenters. The second-order valence-electron chi connectivity index (χ2n) is 4.58. The Morgan fingerprint density at radius 1 is 1.33 bits per heavy atom. The molecule has 0 aliphatic heterocycles. The predicted octanol–water partition coefficient (Wildman–Crippen LogP) is 3.58. The maximum Gasteiger partial charge on any atom is 0.189 e. The molecule has 0 amide bonds. The summed E-state index contributed by atoms with van der Waals surface area (Å²) in [6.45, 7) is 5.92. The summed E-state index contributed by atoms with van der Waals surface area (Å²) in [5.74, 6) is 0. The summed E-state index contributed by atoms with van der Waals surface area (Å²) < 4.78 is 0. The van der Waals surface area contributed by atoms with Gasteiger partial charge in [0, 0.05) is 18.1 Å². The van der Waals surface area contributed by atoms with E-state index in [9.17, 15) is 5.11 Å². The van der Waals surface area contributed by atoms with Gasteiger partial charge in [-0.25, -0.2) is 4.98 Å². The van der Waals surface area contributed by atoms with Gasteiger partial charge in [0.25, 0.3) is 0 Å². The van der Waals surface area contributed by atoms with Gasteiger partial charge in [0.15, 0.2) is 5.13 Å². The molecule has 2 aromatic rings. The minimum absolute atomic E-state index is 0.512. The van der Waals surface area contributed by atoms with Crippen LogP contribution in [0.15, 0.2) is 23.6 Å². The van der Waals surface area contributed by atoms with Crippen LogP contribution in [0.1, 0.15) is 29.8 Å². The van der Waals surface area contributed by atoms with E-state index < -0.39 is 6.10 Å². The molecule has 1 heterocycles. The normalized spacial score (nSPS) is 12.5. The van der Waals surface area contributed by atoms with Crippen molar-refractivity contribution in [2.45, 2.75) is 26.9 Å². The number of nitrogens with zero attached hydrogens (tertiary/aromatic N) is 2. The van der Waals surface area contributed by atoms with Crippen LogP contribution in [0, 0.1) is 13.8 Å². The molecule has 1 aromatic heterocycles. The van der Waals surface area contributed by atoms with E-state index in [0.29, 0.717) is 0 Å².